The summed E-state index contributed by atoms with van der Waals surface area (Å²) in [4.78, 5) is 9.51. The molecule has 1 atom stereocenters. The second-order valence-electron chi connectivity index (χ2n) is 8.71. The highest BCUT2D eigenvalue weighted by molar-refractivity contribution is 5.80. The van der Waals surface area contributed by atoms with Gasteiger partial charge in [-0.05, 0) is 69.6 Å². The summed E-state index contributed by atoms with van der Waals surface area (Å²) < 4.78 is 5.30. The lowest BCUT2D eigenvalue weighted by atomic mass is 9.90. The molecule has 2 saturated heterocycles. The van der Waals surface area contributed by atoms with Crippen molar-refractivity contribution in [1.82, 2.24) is 15.1 Å². The summed E-state index contributed by atoms with van der Waals surface area (Å²) in [5.41, 5.74) is 1.50. The van der Waals surface area contributed by atoms with E-state index in [9.17, 15) is 0 Å². The number of nitrogens with zero attached hydrogens (tertiary/aromatic N) is 3. The van der Waals surface area contributed by atoms with E-state index in [1.165, 1.54) is 63.7 Å². The molecule has 5 nitrogen and oxygen atoms in total. The lowest BCUT2D eigenvalue weighted by molar-refractivity contribution is 0.157. The van der Waals surface area contributed by atoms with Gasteiger partial charge in [-0.25, -0.2) is 0 Å². The van der Waals surface area contributed by atoms with Crippen LogP contribution in [0.2, 0.25) is 0 Å². The fourth-order valence-electron chi connectivity index (χ4n) is 4.75. The van der Waals surface area contributed by atoms with Gasteiger partial charge in [-0.3, -0.25) is 4.99 Å². The summed E-state index contributed by atoms with van der Waals surface area (Å²) in [6.45, 7) is 7.79. The van der Waals surface area contributed by atoms with Gasteiger partial charge in [0.1, 0.15) is 0 Å². The SMILES string of the molecule is CN=C(NCCCCN1CCC(Cc2ccccc2)CC1)N1CCC(COC)C1. The van der Waals surface area contributed by atoms with Gasteiger partial charge in [-0.1, -0.05) is 30.3 Å². The summed E-state index contributed by atoms with van der Waals surface area (Å²) >= 11 is 0. The Morgan fingerprint density at radius 1 is 1.07 bits per heavy atom. The smallest absolute Gasteiger partial charge is 0.193 e. The van der Waals surface area contributed by atoms with E-state index in [1.807, 2.05) is 7.05 Å². The number of unbranched alkanes of at least 4 members (excludes halogenated alkanes) is 1. The maximum atomic E-state index is 5.30. The first-order valence-electron chi connectivity index (χ1n) is 11.5. The van der Waals surface area contributed by atoms with Crippen LogP contribution in [0.3, 0.4) is 0 Å². The number of nitrogens with one attached hydrogen (secondary N) is 1. The topological polar surface area (TPSA) is 40.1 Å². The third-order valence-electron chi connectivity index (χ3n) is 6.46. The summed E-state index contributed by atoms with van der Waals surface area (Å²) in [6.07, 6.45) is 7.61. The van der Waals surface area contributed by atoms with Crippen LogP contribution in [0.15, 0.2) is 35.3 Å². The van der Waals surface area contributed by atoms with Crippen LogP contribution in [0.1, 0.15) is 37.7 Å². The molecule has 3 rings (SSSR count). The van der Waals surface area contributed by atoms with Crippen molar-refractivity contribution in [3.63, 3.8) is 0 Å². The van der Waals surface area contributed by atoms with Gasteiger partial charge in [-0.2, -0.15) is 0 Å². The predicted octanol–water partition coefficient (Wildman–Crippen LogP) is 3.27. The van der Waals surface area contributed by atoms with Gasteiger partial charge < -0.3 is 19.9 Å². The number of likely N-dealkylation sites (tertiary alicyclic amines) is 2. The molecule has 0 aliphatic carbocycles. The molecule has 29 heavy (non-hydrogen) atoms. The second-order valence-corrected chi connectivity index (χ2v) is 8.71. The van der Waals surface area contributed by atoms with Gasteiger partial charge in [-0.15, -0.1) is 0 Å². The molecule has 0 saturated carbocycles. The van der Waals surface area contributed by atoms with Crippen molar-refractivity contribution >= 4 is 5.96 Å². The van der Waals surface area contributed by atoms with Crippen LogP contribution in [-0.4, -0.2) is 75.8 Å². The quantitative estimate of drug-likeness (QED) is 0.392. The number of hydrogen-bond donors (Lipinski definition) is 1. The van der Waals surface area contributed by atoms with Gasteiger partial charge in [0, 0.05) is 39.7 Å². The standard InChI is InChI=1S/C24H40N4O/c1-25-24(28-17-12-23(19-28)20-29-2)26-13-6-7-14-27-15-10-22(11-16-27)18-21-8-4-3-5-9-21/h3-5,8-9,22-23H,6-7,10-20H2,1-2H3,(H,25,26). The zero-order valence-corrected chi connectivity index (χ0v) is 18.5. The minimum Gasteiger partial charge on any atom is -0.384 e. The zero-order valence-electron chi connectivity index (χ0n) is 18.5. The summed E-state index contributed by atoms with van der Waals surface area (Å²) in [6, 6.07) is 11.0. The lowest BCUT2D eigenvalue weighted by Crippen LogP contribution is -2.41. The lowest BCUT2D eigenvalue weighted by Gasteiger charge is -2.32. The van der Waals surface area contributed by atoms with Gasteiger partial charge in [0.25, 0.3) is 0 Å². The summed E-state index contributed by atoms with van der Waals surface area (Å²) in [7, 11) is 3.69. The summed E-state index contributed by atoms with van der Waals surface area (Å²) in [5.74, 6) is 2.56. The highest BCUT2D eigenvalue weighted by atomic mass is 16.5. The average Bonchev–Trinajstić information content (AvgIpc) is 3.21. The molecule has 1 aromatic rings. The fraction of sp³-hybridized carbons (Fsp3) is 0.708. The number of hydrogen-bond acceptors (Lipinski definition) is 3. The molecule has 0 radical (unpaired) electrons. The maximum absolute atomic E-state index is 5.30. The average molecular weight is 401 g/mol. The molecule has 1 aromatic carbocycles. The highest BCUT2D eigenvalue weighted by Crippen LogP contribution is 2.22. The fourth-order valence-corrected chi connectivity index (χ4v) is 4.75. The molecule has 5 heteroatoms. The number of piperidine rings is 1. The van der Waals surface area contributed by atoms with Crippen LogP contribution in [0.5, 0.6) is 0 Å². The van der Waals surface area contributed by atoms with Gasteiger partial charge in [0.2, 0.25) is 0 Å². The Balaban J connectivity index is 1.25. The second kappa shape index (κ2) is 12.2. The van der Waals surface area contributed by atoms with Crippen LogP contribution < -0.4 is 5.32 Å². The van der Waals surface area contributed by atoms with E-state index in [4.69, 9.17) is 4.74 Å². The van der Waals surface area contributed by atoms with Crippen molar-refractivity contribution in [1.29, 1.82) is 0 Å². The molecule has 2 fully saturated rings. The van der Waals surface area contributed by atoms with Gasteiger partial charge >= 0.3 is 0 Å². The molecule has 1 N–H and O–H groups in total. The molecule has 0 bridgehead atoms. The number of ether oxygens (including phenoxy) is 1. The molecule has 1 unspecified atom stereocenters. The Labute approximate surface area is 177 Å². The van der Waals surface area contributed by atoms with Crippen LogP contribution in [0.4, 0.5) is 0 Å². The van der Waals surface area contributed by atoms with Crippen molar-refractivity contribution in [3.05, 3.63) is 35.9 Å². The Bertz CT molecular complexity index is 598. The van der Waals surface area contributed by atoms with Crippen molar-refractivity contribution in [3.8, 4) is 0 Å². The van der Waals surface area contributed by atoms with E-state index >= 15 is 0 Å². The number of aliphatic imine (C=N–C) groups is 1. The number of benzene rings is 1. The van der Waals surface area contributed by atoms with Crippen molar-refractivity contribution in [2.24, 2.45) is 16.8 Å². The van der Waals surface area contributed by atoms with Crippen LogP contribution in [0.25, 0.3) is 0 Å². The molecule has 0 aromatic heterocycles. The van der Waals surface area contributed by atoms with Gasteiger partial charge in [0.15, 0.2) is 5.96 Å². The minimum atomic E-state index is 0.642. The first-order chi connectivity index (χ1) is 14.3. The monoisotopic (exact) mass is 400 g/mol. The number of rotatable bonds is 9. The minimum absolute atomic E-state index is 0.642. The van der Waals surface area contributed by atoms with Crippen LogP contribution in [0, 0.1) is 11.8 Å². The molecule has 162 valence electrons. The van der Waals surface area contributed by atoms with E-state index in [1.54, 1.807) is 7.11 Å². The molecule has 0 amide bonds. The zero-order chi connectivity index (χ0) is 20.3. The Hall–Kier alpha value is -1.59. The maximum Gasteiger partial charge on any atom is 0.193 e. The van der Waals surface area contributed by atoms with E-state index in [2.05, 4.69) is 50.4 Å². The third kappa shape index (κ3) is 7.31. The van der Waals surface area contributed by atoms with Crippen LogP contribution in [-0.2, 0) is 11.2 Å². The van der Waals surface area contributed by atoms with E-state index in [0.29, 0.717) is 5.92 Å². The highest BCUT2D eigenvalue weighted by Gasteiger charge is 2.24. The van der Waals surface area contributed by atoms with E-state index in [-0.39, 0.29) is 0 Å². The molecule has 2 aliphatic heterocycles. The molecule has 2 aliphatic rings. The normalized spacial score (nSPS) is 21.7. The van der Waals surface area contributed by atoms with Crippen molar-refractivity contribution in [2.75, 3.05) is 60.0 Å². The molecular formula is C24H40N4O. The molecule has 2 heterocycles. The Kier molecular flexibility index (Phi) is 9.29. The van der Waals surface area contributed by atoms with E-state index in [0.717, 1.165) is 38.1 Å². The van der Waals surface area contributed by atoms with Crippen molar-refractivity contribution < 1.29 is 4.74 Å². The Morgan fingerprint density at radius 3 is 2.55 bits per heavy atom. The first kappa shape index (κ1) is 22.1. The Morgan fingerprint density at radius 2 is 1.83 bits per heavy atom. The van der Waals surface area contributed by atoms with E-state index < -0.39 is 0 Å². The first-order valence-corrected chi connectivity index (χ1v) is 11.5. The van der Waals surface area contributed by atoms with Crippen molar-refractivity contribution in [2.45, 2.75) is 38.5 Å². The largest absolute Gasteiger partial charge is 0.384 e. The predicted molar refractivity (Wildman–Crippen MR) is 121 cm³/mol. The summed E-state index contributed by atoms with van der Waals surface area (Å²) in [5, 5.41) is 3.56. The third-order valence-corrected chi connectivity index (χ3v) is 6.46. The molecule has 0 spiro atoms. The number of guanidine groups is 1. The molecular weight excluding hydrogens is 360 g/mol. The number of methoxy groups -OCH3 is 1. The van der Waals surface area contributed by atoms with Gasteiger partial charge in [0.05, 0.1) is 6.61 Å². The van der Waals surface area contributed by atoms with Crippen LogP contribution >= 0.6 is 0 Å².